The first kappa shape index (κ1) is 18.8. The van der Waals surface area contributed by atoms with Gasteiger partial charge in [0.25, 0.3) is 0 Å². The molecule has 0 aliphatic rings. The van der Waals surface area contributed by atoms with Crippen molar-refractivity contribution in [3.8, 4) is 45.3 Å². The van der Waals surface area contributed by atoms with Crippen LogP contribution in [0.25, 0.3) is 33.6 Å². The predicted octanol–water partition coefficient (Wildman–Crippen LogP) is 6.61. The minimum Gasteiger partial charge on any atom is -0.439 e. The van der Waals surface area contributed by atoms with E-state index in [1.54, 1.807) is 6.20 Å². The molecule has 0 spiro atoms. The lowest BCUT2D eigenvalue weighted by Crippen LogP contribution is -1.94. The molecule has 0 saturated heterocycles. The van der Waals surface area contributed by atoms with Crippen LogP contribution in [0.3, 0.4) is 0 Å². The maximum atomic E-state index is 5.87. The topological polar surface area (TPSA) is 39.9 Å². The lowest BCUT2D eigenvalue weighted by atomic mass is 10.0. The molecule has 5 aromatic rings. The van der Waals surface area contributed by atoms with Gasteiger partial charge < -0.3 is 4.74 Å². The molecular weight excluding hydrogens is 382 g/mol. The summed E-state index contributed by atoms with van der Waals surface area (Å²) >= 11 is 0. The first-order chi connectivity index (χ1) is 15.3. The van der Waals surface area contributed by atoms with E-state index in [9.17, 15) is 0 Å². The summed E-state index contributed by atoms with van der Waals surface area (Å²) in [5.74, 6) is 1.30. The molecule has 4 heteroatoms. The molecule has 0 unspecified atom stereocenters. The zero-order valence-electron chi connectivity index (χ0n) is 17.1. The van der Waals surface area contributed by atoms with E-state index in [0.717, 1.165) is 28.3 Å². The van der Waals surface area contributed by atoms with Crippen LogP contribution in [-0.4, -0.2) is 14.8 Å². The van der Waals surface area contributed by atoms with Gasteiger partial charge >= 0.3 is 0 Å². The van der Waals surface area contributed by atoms with Gasteiger partial charge in [-0.3, -0.25) is 4.68 Å². The van der Waals surface area contributed by atoms with Crippen LogP contribution in [0.15, 0.2) is 109 Å². The number of aromatic nitrogens is 3. The fourth-order valence-corrected chi connectivity index (χ4v) is 3.59. The van der Waals surface area contributed by atoms with Crippen LogP contribution in [0.1, 0.15) is 0 Å². The Kier molecular flexibility index (Phi) is 5.03. The highest BCUT2D eigenvalue weighted by Gasteiger charge is 2.11. The first-order valence-electron chi connectivity index (χ1n) is 10.2. The second-order valence-electron chi connectivity index (χ2n) is 7.28. The predicted molar refractivity (Wildman–Crippen MR) is 124 cm³/mol. The molecule has 0 saturated carbocycles. The summed E-state index contributed by atoms with van der Waals surface area (Å²) < 4.78 is 7.79. The van der Waals surface area contributed by atoms with Crippen molar-refractivity contribution in [2.24, 2.45) is 7.05 Å². The van der Waals surface area contributed by atoms with Crippen LogP contribution in [0.2, 0.25) is 0 Å². The van der Waals surface area contributed by atoms with Gasteiger partial charge in [0.2, 0.25) is 5.88 Å². The lowest BCUT2D eigenvalue weighted by Gasteiger charge is -2.05. The Labute approximate surface area is 181 Å². The normalized spacial score (nSPS) is 10.7. The molecule has 5 rings (SSSR count). The van der Waals surface area contributed by atoms with Crippen molar-refractivity contribution in [3.05, 3.63) is 109 Å². The van der Waals surface area contributed by atoms with Gasteiger partial charge in [0.15, 0.2) is 0 Å². The Bertz CT molecular complexity index is 1290. The number of ether oxygens (including phenoxy) is 1. The van der Waals surface area contributed by atoms with Gasteiger partial charge in [0.1, 0.15) is 5.75 Å². The fourth-order valence-electron chi connectivity index (χ4n) is 3.59. The molecule has 150 valence electrons. The molecule has 31 heavy (non-hydrogen) atoms. The summed E-state index contributed by atoms with van der Waals surface area (Å²) in [6.45, 7) is 0. The van der Waals surface area contributed by atoms with Crippen LogP contribution in [0, 0.1) is 0 Å². The van der Waals surface area contributed by atoms with Crippen LogP contribution >= 0.6 is 0 Å². The van der Waals surface area contributed by atoms with Gasteiger partial charge in [-0.1, -0.05) is 72.8 Å². The van der Waals surface area contributed by atoms with E-state index in [1.807, 2.05) is 60.3 Å². The van der Waals surface area contributed by atoms with Gasteiger partial charge in [0.05, 0.1) is 11.4 Å². The molecule has 0 bridgehead atoms. The molecule has 3 aromatic carbocycles. The molecule has 0 aliphatic heterocycles. The highest BCUT2D eigenvalue weighted by molar-refractivity contribution is 5.72. The molecule has 2 aromatic heterocycles. The van der Waals surface area contributed by atoms with Crippen LogP contribution in [-0.2, 0) is 7.05 Å². The Balaban J connectivity index is 1.42. The molecule has 0 amide bonds. The highest BCUT2D eigenvalue weighted by atomic mass is 16.5. The summed E-state index contributed by atoms with van der Waals surface area (Å²) in [6, 6.07) is 34.6. The third-order valence-corrected chi connectivity index (χ3v) is 5.16. The van der Waals surface area contributed by atoms with E-state index in [0.29, 0.717) is 5.88 Å². The van der Waals surface area contributed by atoms with Crippen LogP contribution < -0.4 is 4.74 Å². The third kappa shape index (κ3) is 4.09. The van der Waals surface area contributed by atoms with E-state index < -0.39 is 0 Å². The monoisotopic (exact) mass is 403 g/mol. The minimum absolute atomic E-state index is 0.569. The number of nitrogens with zero attached hydrogens (tertiary/aromatic N) is 3. The van der Waals surface area contributed by atoms with E-state index in [1.165, 1.54) is 11.1 Å². The summed E-state index contributed by atoms with van der Waals surface area (Å²) in [6.07, 6.45) is 1.72. The van der Waals surface area contributed by atoms with Crippen molar-refractivity contribution in [1.82, 2.24) is 14.8 Å². The number of benzene rings is 3. The van der Waals surface area contributed by atoms with Crippen molar-refractivity contribution < 1.29 is 4.74 Å². The Morgan fingerprint density at radius 1 is 0.645 bits per heavy atom. The van der Waals surface area contributed by atoms with E-state index in [2.05, 4.69) is 59.6 Å². The molecular formula is C27H21N3O. The summed E-state index contributed by atoms with van der Waals surface area (Å²) in [7, 11) is 1.97. The largest absolute Gasteiger partial charge is 0.439 e. The molecule has 2 heterocycles. The molecule has 0 fully saturated rings. The molecule has 0 aliphatic carbocycles. The molecule has 0 atom stereocenters. The second kappa shape index (κ2) is 8.28. The highest BCUT2D eigenvalue weighted by Crippen LogP contribution is 2.30. The summed E-state index contributed by atoms with van der Waals surface area (Å²) in [5.41, 5.74) is 6.50. The smallest absolute Gasteiger partial charge is 0.219 e. The van der Waals surface area contributed by atoms with Gasteiger partial charge in [-0.15, -0.1) is 0 Å². The average molecular weight is 403 g/mol. The van der Waals surface area contributed by atoms with Crippen molar-refractivity contribution in [2.75, 3.05) is 0 Å². The molecule has 0 N–H and O–H groups in total. The summed E-state index contributed by atoms with van der Waals surface area (Å²) in [5, 5.41) is 4.73. The minimum atomic E-state index is 0.569. The third-order valence-electron chi connectivity index (χ3n) is 5.16. The zero-order valence-corrected chi connectivity index (χ0v) is 17.1. The first-order valence-corrected chi connectivity index (χ1v) is 10.2. The molecule has 4 nitrogen and oxygen atoms in total. The maximum Gasteiger partial charge on any atom is 0.219 e. The lowest BCUT2D eigenvalue weighted by molar-refractivity contribution is 0.463. The number of rotatable bonds is 5. The number of pyridine rings is 1. The SMILES string of the molecule is Cn1nc(-c2cccc(Oc3ccccn3)c2)cc1-c1ccc(-c2ccccc2)cc1. The quantitative estimate of drug-likeness (QED) is 0.331. The Hall–Kier alpha value is -4.18. The Morgan fingerprint density at radius 2 is 1.35 bits per heavy atom. The zero-order chi connectivity index (χ0) is 21.0. The van der Waals surface area contributed by atoms with Crippen molar-refractivity contribution in [2.45, 2.75) is 0 Å². The van der Waals surface area contributed by atoms with E-state index >= 15 is 0 Å². The van der Waals surface area contributed by atoms with Gasteiger partial charge in [-0.25, -0.2) is 4.98 Å². The van der Waals surface area contributed by atoms with Crippen molar-refractivity contribution >= 4 is 0 Å². The van der Waals surface area contributed by atoms with Gasteiger partial charge in [-0.05, 0) is 41.0 Å². The number of hydrogen-bond acceptors (Lipinski definition) is 3. The molecule has 0 radical (unpaired) electrons. The van der Waals surface area contributed by atoms with Gasteiger partial charge in [-0.2, -0.15) is 5.10 Å². The summed E-state index contributed by atoms with van der Waals surface area (Å²) in [4.78, 5) is 4.22. The van der Waals surface area contributed by atoms with Crippen molar-refractivity contribution in [1.29, 1.82) is 0 Å². The number of aryl methyl sites for hydroxylation is 1. The van der Waals surface area contributed by atoms with Crippen LogP contribution in [0.4, 0.5) is 0 Å². The standard InChI is InChI=1S/C27H21N3O/c1-30-26(22-15-13-21(14-16-22)20-8-3-2-4-9-20)19-25(29-30)23-10-7-11-24(18-23)31-27-12-5-6-17-28-27/h2-19H,1H3. The second-order valence-corrected chi connectivity index (χ2v) is 7.28. The average Bonchev–Trinajstić information content (AvgIpc) is 3.22. The fraction of sp³-hybridized carbons (Fsp3) is 0.0370. The van der Waals surface area contributed by atoms with E-state index in [-0.39, 0.29) is 0 Å². The Morgan fingerprint density at radius 3 is 2.13 bits per heavy atom. The number of hydrogen-bond donors (Lipinski definition) is 0. The van der Waals surface area contributed by atoms with E-state index in [4.69, 9.17) is 9.84 Å². The van der Waals surface area contributed by atoms with Crippen LogP contribution in [0.5, 0.6) is 11.6 Å². The maximum absolute atomic E-state index is 5.87. The van der Waals surface area contributed by atoms with Gasteiger partial charge in [0, 0.05) is 24.9 Å². The van der Waals surface area contributed by atoms with Crippen molar-refractivity contribution in [3.63, 3.8) is 0 Å².